The molecule has 3 N–H and O–H groups in total. The number of aromatic nitrogens is 3. The second kappa shape index (κ2) is 8.06. The first kappa shape index (κ1) is 19.3. The molecule has 144 valence electrons. The Labute approximate surface area is 163 Å². The van der Waals surface area contributed by atoms with Crippen molar-refractivity contribution in [3.63, 3.8) is 0 Å². The van der Waals surface area contributed by atoms with Gasteiger partial charge in [-0.05, 0) is 63.2 Å². The minimum Gasteiger partial charge on any atom is -0.366 e. The molecule has 8 nitrogen and oxygen atoms in total. The molecule has 1 saturated heterocycles. The lowest BCUT2D eigenvalue weighted by Crippen LogP contribution is -2.38. The fourth-order valence-electron chi connectivity index (χ4n) is 3.28. The van der Waals surface area contributed by atoms with Crippen LogP contribution in [-0.2, 0) is 0 Å². The van der Waals surface area contributed by atoms with E-state index in [2.05, 4.69) is 44.0 Å². The van der Waals surface area contributed by atoms with Crippen LogP contribution < -0.4 is 16.0 Å². The normalized spacial score (nSPS) is 17.1. The molecule has 27 heavy (non-hydrogen) atoms. The maximum atomic E-state index is 11.4. The van der Waals surface area contributed by atoms with Gasteiger partial charge in [0, 0.05) is 30.4 Å². The number of nitrogens with zero attached hydrogens (tertiary/aromatic N) is 5. The minimum absolute atomic E-state index is 0.121. The highest BCUT2D eigenvalue weighted by molar-refractivity contribution is 6.28. The SMILES string of the molecule is CCN(c1nc(Cl)nc(Nc2cc(C(N)=O)ccc2C)n1)[C@@H]1CCN(C)C1. The second-order valence-electron chi connectivity index (χ2n) is 6.74. The summed E-state index contributed by atoms with van der Waals surface area (Å²) in [6, 6.07) is 5.52. The summed E-state index contributed by atoms with van der Waals surface area (Å²) in [7, 11) is 2.11. The van der Waals surface area contributed by atoms with Crippen molar-refractivity contribution >= 4 is 35.1 Å². The van der Waals surface area contributed by atoms with Gasteiger partial charge in [0.2, 0.25) is 23.1 Å². The largest absolute Gasteiger partial charge is 0.366 e. The summed E-state index contributed by atoms with van der Waals surface area (Å²) >= 11 is 6.16. The van der Waals surface area contributed by atoms with Gasteiger partial charge in [0.1, 0.15) is 0 Å². The number of halogens is 1. The number of carbonyl (C=O) groups is 1. The van der Waals surface area contributed by atoms with Crippen LogP contribution >= 0.6 is 11.6 Å². The molecule has 2 heterocycles. The summed E-state index contributed by atoms with van der Waals surface area (Å²) in [5.41, 5.74) is 7.41. The maximum Gasteiger partial charge on any atom is 0.248 e. The Morgan fingerprint density at radius 2 is 2.19 bits per heavy atom. The molecule has 1 aliphatic rings. The molecule has 1 aromatic heterocycles. The van der Waals surface area contributed by atoms with Crippen molar-refractivity contribution in [2.45, 2.75) is 26.3 Å². The van der Waals surface area contributed by atoms with E-state index in [0.717, 1.165) is 31.6 Å². The van der Waals surface area contributed by atoms with Crippen molar-refractivity contribution < 1.29 is 4.79 Å². The summed E-state index contributed by atoms with van der Waals surface area (Å²) in [6.07, 6.45) is 1.05. The predicted octanol–water partition coefficient (Wildman–Crippen LogP) is 2.21. The number of carbonyl (C=O) groups excluding carboxylic acids is 1. The number of amides is 1. The van der Waals surface area contributed by atoms with Crippen LogP contribution in [0.2, 0.25) is 5.28 Å². The van der Waals surface area contributed by atoms with E-state index in [0.29, 0.717) is 29.2 Å². The summed E-state index contributed by atoms with van der Waals surface area (Å²) in [6.45, 7) is 6.77. The van der Waals surface area contributed by atoms with Gasteiger partial charge in [-0.1, -0.05) is 6.07 Å². The number of aryl methyl sites for hydroxylation is 1. The summed E-state index contributed by atoms with van der Waals surface area (Å²) in [4.78, 5) is 28.9. The highest BCUT2D eigenvalue weighted by Crippen LogP contribution is 2.24. The Morgan fingerprint density at radius 3 is 2.81 bits per heavy atom. The van der Waals surface area contributed by atoms with Crippen molar-refractivity contribution in [1.29, 1.82) is 0 Å². The molecular formula is C18H24ClN7O. The number of primary amides is 1. The Hall–Kier alpha value is -2.45. The first-order chi connectivity index (χ1) is 12.9. The molecule has 3 rings (SSSR count). The molecule has 1 aliphatic heterocycles. The number of hydrogen-bond acceptors (Lipinski definition) is 7. The fourth-order valence-corrected chi connectivity index (χ4v) is 3.44. The first-order valence-electron chi connectivity index (χ1n) is 8.91. The lowest BCUT2D eigenvalue weighted by atomic mass is 10.1. The van der Waals surface area contributed by atoms with Crippen molar-refractivity contribution in [2.24, 2.45) is 5.73 Å². The van der Waals surface area contributed by atoms with E-state index >= 15 is 0 Å². The van der Waals surface area contributed by atoms with Gasteiger partial charge in [-0.25, -0.2) is 0 Å². The Balaban J connectivity index is 1.89. The van der Waals surface area contributed by atoms with E-state index in [1.54, 1.807) is 12.1 Å². The smallest absolute Gasteiger partial charge is 0.248 e. The molecular weight excluding hydrogens is 366 g/mol. The van der Waals surface area contributed by atoms with Crippen molar-refractivity contribution in [2.75, 3.05) is 36.9 Å². The first-order valence-corrected chi connectivity index (χ1v) is 9.29. The average molecular weight is 390 g/mol. The average Bonchev–Trinajstić information content (AvgIpc) is 3.03. The topological polar surface area (TPSA) is 100 Å². The van der Waals surface area contributed by atoms with Gasteiger partial charge in [-0.3, -0.25) is 4.79 Å². The van der Waals surface area contributed by atoms with Crippen LogP contribution in [0.4, 0.5) is 17.6 Å². The number of rotatable bonds is 6. The third kappa shape index (κ3) is 4.45. The molecule has 0 radical (unpaired) electrons. The molecule has 0 unspecified atom stereocenters. The van der Waals surface area contributed by atoms with Crippen LogP contribution in [0.5, 0.6) is 0 Å². The third-order valence-electron chi connectivity index (χ3n) is 4.77. The number of nitrogens with two attached hydrogens (primary N) is 1. The standard InChI is InChI=1S/C18H24ClN7O/c1-4-26(13-7-8-25(3)10-13)18-23-16(19)22-17(24-18)21-14-9-12(15(20)27)6-5-11(14)2/h5-6,9,13H,4,7-8,10H2,1-3H3,(H2,20,27)(H,21,22,23,24)/t13-/m1/s1. The van der Waals surface area contributed by atoms with Gasteiger partial charge in [0.25, 0.3) is 0 Å². The summed E-state index contributed by atoms with van der Waals surface area (Å²) in [5, 5.41) is 3.26. The molecule has 9 heteroatoms. The van der Waals surface area contributed by atoms with Crippen LogP contribution in [0, 0.1) is 6.92 Å². The minimum atomic E-state index is -0.491. The van der Waals surface area contributed by atoms with E-state index < -0.39 is 5.91 Å². The third-order valence-corrected chi connectivity index (χ3v) is 4.94. The van der Waals surface area contributed by atoms with Crippen molar-refractivity contribution in [1.82, 2.24) is 19.9 Å². The summed E-state index contributed by atoms with van der Waals surface area (Å²) < 4.78 is 0. The molecule has 1 fully saturated rings. The quantitative estimate of drug-likeness (QED) is 0.781. The fraction of sp³-hybridized carbons (Fsp3) is 0.444. The van der Waals surface area contributed by atoms with Gasteiger partial charge in [-0.15, -0.1) is 0 Å². The maximum absolute atomic E-state index is 11.4. The number of hydrogen-bond donors (Lipinski definition) is 2. The van der Waals surface area contributed by atoms with Crippen LogP contribution in [0.1, 0.15) is 29.3 Å². The molecule has 0 bridgehead atoms. The molecule has 0 saturated carbocycles. The number of anilines is 3. The van der Waals surface area contributed by atoms with E-state index in [1.165, 1.54) is 0 Å². The van der Waals surface area contributed by atoms with E-state index in [9.17, 15) is 4.79 Å². The lowest BCUT2D eigenvalue weighted by Gasteiger charge is -2.27. The Bertz CT molecular complexity index is 844. The zero-order valence-corrected chi connectivity index (χ0v) is 16.5. The number of likely N-dealkylation sites (N-methyl/N-ethyl adjacent to an activating group) is 2. The van der Waals surface area contributed by atoms with E-state index in [4.69, 9.17) is 17.3 Å². The van der Waals surface area contributed by atoms with Gasteiger partial charge in [-0.2, -0.15) is 15.0 Å². The molecule has 0 aliphatic carbocycles. The molecule has 1 amide bonds. The number of likely N-dealkylation sites (tertiary alicyclic amines) is 1. The van der Waals surface area contributed by atoms with Crippen LogP contribution in [-0.4, -0.2) is 58.5 Å². The monoisotopic (exact) mass is 389 g/mol. The number of benzene rings is 1. The molecule has 2 aromatic rings. The van der Waals surface area contributed by atoms with Gasteiger partial charge >= 0.3 is 0 Å². The van der Waals surface area contributed by atoms with Crippen molar-refractivity contribution in [3.05, 3.63) is 34.6 Å². The van der Waals surface area contributed by atoms with Crippen LogP contribution in [0.25, 0.3) is 0 Å². The van der Waals surface area contributed by atoms with E-state index in [1.807, 2.05) is 13.0 Å². The van der Waals surface area contributed by atoms with Crippen LogP contribution in [0.3, 0.4) is 0 Å². The summed E-state index contributed by atoms with van der Waals surface area (Å²) in [5.74, 6) is 0.387. The predicted molar refractivity (Wildman–Crippen MR) is 107 cm³/mol. The van der Waals surface area contributed by atoms with Gasteiger partial charge < -0.3 is 20.9 Å². The second-order valence-corrected chi connectivity index (χ2v) is 7.08. The zero-order chi connectivity index (χ0) is 19.6. The molecule has 1 atom stereocenters. The number of nitrogens with one attached hydrogen (secondary N) is 1. The molecule has 1 aromatic carbocycles. The highest BCUT2D eigenvalue weighted by atomic mass is 35.5. The van der Waals surface area contributed by atoms with E-state index in [-0.39, 0.29) is 5.28 Å². The lowest BCUT2D eigenvalue weighted by molar-refractivity contribution is 0.100. The van der Waals surface area contributed by atoms with Crippen LogP contribution in [0.15, 0.2) is 18.2 Å². The Kier molecular flexibility index (Phi) is 5.76. The Morgan fingerprint density at radius 1 is 1.41 bits per heavy atom. The van der Waals surface area contributed by atoms with Crippen molar-refractivity contribution in [3.8, 4) is 0 Å². The zero-order valence-electron chi connectivity index (χ0n) is 15.7. The van der Waals surface area contributed by atoms with Gasteiger partial charge in [0.05, 0.1) is 0 Å². The molecule has 0 spiro atoms. The van der Waals surface area contributed by atoms with Gasteiger partial charge in [0.15, 0.2) is 0 Å². The highest BCUT2D eigenvalue weighted by Gasteiger charge is 2.27.